The van der Waals surface area contributed by atoms with Crippen LogP contribution >= 0.6 is 35.1 Å². The van der Waals surface area contributed by atoms with Gasteiger partial charge in [-0.15, -0.1) is 35.1 Å². The van der Waals surface area contributed by atoms with Crippen LogP contribution in [0.5, 0.6) is 0 Å². The maximum absolute atomic E-state index is 11.7. The number of para-hydroxylation sites is 1. The highest BCUT2D eigenvalue weighted by molar-refractivity contribution is 7.22. The number of nitrogens with zero attached hydrogens (tertiary/aromatic N) is 2. The molecule has 1 aromatic carbocycles. The van der Waals surface area contributed by atoms with Crippen LogP contribution in [-0.4, -0.2) is 41.8 Å². The number of fused-ring (bicyclic) bond motifs is 2. The van der Waals surface area contributed by atoms with Crippen molar-refractivity contribution in [1.29, 1.82) is 0 Å². The first-order valence-corrected chi connectivity index (χ1v) is 10.4. The zero-order chi connectivity index (χ0) is 19.0. The van der Waals surface area contributed by atoms with Crippen LogP contribution in [0.1, 0.15) is 17.4 Å². The number of hydrogen-bond acceptors (Lipinski definition) is 6. The van der Waals surface area contributed by atoms with E-state index in [-0.39, 0.29) is 24.2 Å². The highest BCUT2D eigenvalue weighted by Gasteiger charge is 2.28. The molecule has 0 saturated heterocycles. The molecule has 0 atom stereocenters. The molecule has 0 aliphatic carbocycles. The quantitative estimate of drug-likeness (QED) is 0.656. The van der Waals surface area contributed by atoms with Gasteiger partial charge in [0.2, 0.25) is 11.8 Å². The van der Waals surface area contributed by atoms with Crippen molar-refractivity contribution in [3.63, 3.8) is 0 Å². The summed E-state index contributed by atoms with van der Waals surface area (Å²) in [6.45, 7) is 3.44. The number of rotatable bonds is 4. The van der Waals surface area contributed by atoms with Gasteiger partial charge in [-0.2, -0.15) is 0 Å². The van der Waals surface area contributed by atoms with E-state index < -0.39 is 0 Å². The van der Waals surface area contributed by atoms with Crippen molar-refractivity contribution in [3.05, 3.63) is 34.7 Å². The molecule has 0 unspecified atom stereocenters. The molecule has 0 spiro atoms. The van der Waals surface area contributed by atoms with Gasteiger partial charge < -0.3 is 10.6 Å². The van der Waals surface area contributed by atoms with E-state index in [2.05, 4.69) is 21.6 Å². The SMILES string of the molecule is CNC(=O)CN1CCc2c(sc(NC(C)=O)c2-c2nc3ccccc3s2)C1.Cl. The van der Waals surface area contributed by atoms with E-state index in [9.17, 15) is 9.59 Å². The Labute approximate surface area is 177 Å². The molecule has 2 amide bonds. The molecule has 0 bridgehead atoms. The van der Waals surface area contributed by atoms with E-state index in [0.717, 1.165) is 38.8 Å². The van der Waals surface area contributed by atoms with Crippen LogP contribution in [0.3, 0.4) is 0 Å². The molecule has 3 aromatic rings. The number of likely N-dealkylation sites (N-methyl/N-ethyl adjacent to an activating group) is 1. The van der Waals surface area contributed by atoms with Gasteiger partial charge in [-0.05, 0) is 24.1 Å². The largest absolute Gasteiger partial charge is 0.358 e. The number of carbonyl (C=O) groups is 2. The Bertz CT molecular complexity index is 997. The van der Waals surface area contributed by atoms with Gasteiger partial charge in [-0.1, -0.05) is 12.1 Å². The average molecular weight is 437 g/mol. The second-order valence-electron chi connectivity index (χ2n) is 6.51. The fourth-order valence-electron chi connectivity index (χ4n) is 3.33. The molecule has 1 aliphatic heterocycles. The van der Waals surface area contributed by atoms with Crippen LogP contribution in [0.4, 0.5) is 5.00 Å². The van der Waals surface area contributed by atoms with Crippen LogP contribution in [0.2, 0.25) is 0 Å². The first kappa shape index (κ1) is 20.7. The number of aromatic nitrogens is 1. The van der Waals surface area contributed by atoms with Crippen LogP contribution in [-0.2, 0) is 22.6 Å². The number of anilines is 1. The molecule has 0 fully saturated rings. The fraction of sp³-hybridized carbons (Fsp3) is 0.316. The molecular formula is C19H21ClN4O2S2. The summed E-state index contributed by atoms with van der Waals surface area (Å²) < 4.78 is 1.14. The maximum atomic E-state index is 11.7. The predicted octanol–water partition coefficient (Wildman–Crippen LogP) is 3.51. The summed E-state index contributed by atoms with van der Waals surface area (Å²) in [4.78, 5) is 31.6. The lowest BCUT2D eigenvalue weighted by molar-refractivity contribution is -0.122. The first-order chi connectivity index (χ1) is 13.0. The van der Waals surface area contributed by atoms with E-state index in [4.69, 9.17) is 4.98 Å². The van der Waals surface area contributed by atoms with E-state index in [1.54, 1.807) is 29.7 Å². The van der Waals surface area contributed by atoms with Gasteiger partial charge >= 0.3 is 0 Å². The second kappa shape index (κ2) is 8.57. The maximum Gasteiger partial charge on any atom is 0.233 e. The number of amides is 2. The van der Waals surface area contributed by atoms with E-state index in [0.29, 0.717) is 13.1 Å². The van der Waals surface area contributed by atoms with Crippen molar-refractivity contribution in [2.75, 3.05) is 25.5 Å². The summed E-state index contributed by atoms with van der Waals surface area (Å²) in [6.07, 6.45) is 0.841. The van der Waals surface area contributed by atoms with Crippen molar-refractivity contribution in [2.45, 2.75) is 19.9 Å². The lowest BCUT2D eigenvalue weighted by Gasteiger charge is -2.26. The third-order valence-electron chi connectivity index (χ3n) is 4.58. The van der Waals surface area contributed by atoms with Gasteiger partial charge in [0, 0.05) is 37.5 Å². The Morgan fingerprint density at radius 3 is 2.75 bits per heavy atom. The normalized spacial score (nSPS) is 13.6. The van der Waals surface area contributed by atoms with Crippen molar-refractivity contribution in [2.24, 2.45) is 0 Å². The monoisotopic (exact) mass is 436 g/mol. The predicted molar refractivity (Wildman–Crippen MR) is 118 cm³/mol. The van der Waals surface area contributed by atoms with Crippen LogP contribution < -0.4 is 10.6 Å². The minimum atomic E-state index is -0.0850. The Morgan fingerprint density at radius 2 is 2.04 bits per heavy atom. The average Bonchev–Trinajstić information content (AvgIpc) is 3.20. The topological polar surface area (TPSA) is 74.3 Å². The van der Waals surface area contributed by atoms with Gasteiger partial charge in [0.05, 0.1) is 16.8 Å². The summed E-state index contributed by atoms with van der Waals surface area (Å²) in [6, 6.07) is 8.08. The molecule has 0 saturated carbocycles. The number of thiophene rings is 1. The Balaban J connectivity index is 0.00000225. The Kier molecular flexibility index (Phi) is 6.34. The number of hydrogen-bond donors (Lipinski definition) is 2. The smallest absolute Gasteiger partial charge is 0.233 e. The lowest BCUT2D eigenvalue weighted by atomic mass is 10.0. The molecule has 9 heteroatoms. The van der Waals surface area contributed by atoms with E-state index in [1.165, 1.54) is 17.4 Å². The number of halogens is 1. The molecule has 6 nitrogen and oxygen atoms in total. The molecule has 0 radical (unpaired) electrons. The molecule has 148 valence electrons. The van der Waals surface area contributed by atoms with Gasteiger partial charge in [0.15, 0.2) is 0 Å². The zero-order valence-corrected chi connectivity index (χ0v) is 18.0. The lowest BCUT2D eigenvalue weighted by Crippen LogP contribution is -2.38. The second-order valence-corrected chi connectivity index (χ2v) is 8.65. The fourth-order valence-corrected chi connectivity index (χ4v) is 5.77. The molecule has 3 heterocycles. The van der Waals surface area contributed by atoms with Crippen molar-refractivity contribution in [3.8, 4) is 10.6 Å². The molecule has 28 heavy (non-hydrogen) atoms. The van der Waals surface area contributed by atoms with Crippen molar-refractivity contribution >= 4 is 62.1 Å². The Morgan fingerprint density at radius 1 is 1.25 bits per heavy atom. The third-order valence-corrected chi connectivity index (χ3v) is 6.77. The molecular weight excluding hydrogens is 416 g/mol. The van der Waals surface area contributed by atoms with Gasteiger partial charge in [0.1, 0.15) is 10.0 Å². The summed E-state index contributed by atoms with van der Waals surface area (Å²) in [5.41, 5.74) is 3.27. The van der Waals surface area contributed by atoms with Crippen LogP contribution in [0.15, 0.2) is 24.3 Å². The summed E-state index contributed by atoms with van der Waals surface area (Å²) in [5.74, 6) is -0.0679. The summed E-state index contributed by atoms with van der Waals surface area (Å²) in [7, 11) is 1.66. The number of carbonyl (C=O) groups excluding carboxylic acids is 2. The minimum absolute atomic E-state index is 0. The standard InChI is InChI=1S/C19H20N4O2S2.ClH/c1-11(24)21-18-17(19-22-13-5-3-4-6-14(13)26-19)12-7-8-23(9-15(12)27-18)10-16(25)20-2;/h3-6H,7-10H2,1-2H3,(H,20,25)(H,21,24);1H. The highest BCUT2D eigenvalue weighted by atomic mass is 35.5. The first-order valence-electron chi connectivity index (χ1n) is 8.76. The van der Waals surface area contributed by atoms with Crippen LogP contribution in [0, 0.1) is 0 Å². The molecule has 2 aromatic heterocycles. The van der Waals surface area contributed by atoms with Crippen LogP contribution in [0.25, 0.3) is 20.8 Å². The molecule has 4 rings (SSSR count). The number of nitrogens with one attached hydrogen (secondary N) is 2. The van der Waals surface area contributed by atoms with E-state index in [1.807, 2.05) is 18.2 Å². The van der Waals surface area contributed by atoms with Crippen molar-refractivity contribution < 1.29 is 9.59 Å². The molecule has 1 aliphatic rings. The zero-order valence-electron chi connectivity index (χ0n) is 15.6. The van der Waals surface area contributed by atoms with Crippen molar-refractivity contribution in [1.82, 2.24) is 15.2 Å². The number of benzene rings is 1. The highest BCUT2D eigenvalue weighted by Crippen LogP contribution is 2.45. The summed E-state index contributed by atoms with van der Waals surface area (Å²) in [5, 5.41) is 7.46. The summed E-state index contributed by atoms with van der Waals surface area (Å²) >= 11 is 3.25. The molecule has 2 N–H and O–H groups in total. The minimum Gasteiger partial charge on any atom is -0.358 e. The van der Waals surface area contributed by atoms with Gasteiger partial charge in [-0.25, -0.2) is 4.98 Å². The van der Waals surface area contributed by atoms with E-state index >= 15 is 0 Å². The Hall–Kier alpha value is -2.00. The van der Waals surface area contributed by atoms with Gasteiger partial charge in [-0.3, -0.25) is 14.5 Å². The third kappa shape index (κ3) is 4.05. The van der Waals surface area contributed by atoms with Gasteiger partial charge in [0.25, 0.3) is 0 Å². The number of thiazole rings is 1.